The van der Waals surface area contributed by atoms with E-state index in [4.69, 9.17) is 16.3 Å². The highest BCUT2D eigenvalue weighted by Gasteiger charge is 2.16. The van der Waals surface area contributed by atoms with Crippen LogP contribution in [0.25, 0.3) is 0 Å². The molecule has 0 spiro atoms. The lowest BCUT2D eigenvalue weighted by Gasteiger charge is -2.36. The maximum absolute atomic E-state index is 11.9. The molecule has 1 aliphatic rings. The van der Waals surface area contributed by atoms with Crippen molar-refractivity contribution in [3.05, 3.63) is 59.6 Å². The minimum absolute atomic E-state index is 0. The third-order valence-electron chi connectivity index (χ3n) is 4.65. The zero-order valence-electron chi connectivity index (χ0n) is 15.9. The van der Waals surface area contributed by atoms with Crippen molar-refractivity contribution in [2.45, 2.75) is 6.42 Å². The number of para-hydroxylation sites is 1. The Bertz CT molecular complexity index is 705. The maximum atomic E-state index is 11.9. The molecule has 5 nitrogen and oxygen atoms in total. The van der Waals surface area contributed by atoms with E-state index in [-0.39, 0.29) is 24.9 Å². The highest BCUT2D eigenvalue weighted by atomic mass is 35.5. The molecule has 0 saturated carbocycles. The number of hydrogen-bond donors (Lipinski definition) is 1. The van der Waals surface area contributed by atoms with Gasteiger partial charge in [0.25, 0.3) is 5.91 Å². The fourth-order valence-corrected chi connectivity index (χ4v) is 3.26. The standard InChI is InChI=1S/C21H26ClN3O2.ClH/c22-18-7-9-20(10-8-18)27-17-21(26)23-11-4-12-24-13-15-25(16-14-24)19-5-2-1-3-6-19;/h1-3,5-10H,4,11-17H2,(H,23,26);1H. The number of nitrogens with one attached hydrogen (secondary N) is 1. The molecule has 0 atom stereocenters. The van der Waals surface area contributed by atoms with Gasteiger partial charge in [-0.05, 0) is 49.4 Å². The van der Waals surface area contributed by atoms with Crippen molar-refractivity contribution in [2.24, 2.45) is 0 Å². The van der Waals surface area contributed by atoms with E-state index >= 15 is 0 Å². The first-order chi connectivity index (χ1) is 13.2. The van der Waals surface area contributed by atoms with Gasteiger partial charge in [-0.3, -0.25) is 9.69 Å². The normalized spacial score (nSPS) is 14.2. The molecule has 152 valence electrons. The molecule has 0 unspecified atom stereocenters. The van der Waals surface area contributed by atoms with Gasteiger partial charge in [-0.25, -0.2) is 0 Å². The van der Waals surface area contributed by atoms with Crippen LogP contribution in [0.3, 0.4) is 0 Å². The van der Waals surface area contributed by atoms with Gasteiger partial charge in [0.1, 0.15) is 5.75 Å². The smallest absolute Gasteiger partial charge is 0.257 e. The fraction of sp³-hybridized carbons (Fsp3) is 0.381. The average molecular weight is 424 g/mol. The van der Waals surface area contributed by atoms with E-state index in [0.717, 1.165) is 39.1 Å². The van der Waals surface area contributed by atoms with Crippen LogP contribution in [0.1, 0.15) is 6.42 Å². The summed E-state index contributed by atoms with van der Waals surface area (Å²) >= 11 is 5.82. The summed E-state index contributed by atoms with van der Waals surface area (Å²) in [5.74, 6) is 0.546. The Balaban J connectivity index is 0.00000280. The molecule has 2 aromatic carbocycles. The molecule has 0 aliphatic carbocycles. The van der Waals surface area contributed by atoms with Crippen LogP contribution < -0.4 is 15.0 Å². The van der Waals surface area contributed by atoms with Crippen molar-refractivity contribution < 1.29 is 9.53 Å². The van der Waals surface area contributed by atoms with Crippen LogP contribution in [0.2, 0.25) is 5.02 Å². The SMILES string of the molecule is Cl.O=C(COc1ccc(Cl)cc1)NCCCN1CCN(c2ccccc2)CC1. The molecule has 28 heavy (non-hydrogen) atoms. The number of ether oxygens (including phenoxy) is 1. The first-order valence-corrected chi connectivity index (χ1v) is 9.76. The summed E-state index contributed by atoms with van der Waals surface area (Å²) in [4.78, 5) is 16.7. The molecule has 2 aromatic rings. The summed E-state index contributed by atoms with van der Waals surface area (Å²) in [6, 6.07) is 17.5. The van der Waals surface area contributed by atoms with E-state index in [2.05, 4.69) is 45.4 Å². The van der Waals surface area contributed by atoms with Crippen molar-refractivity contribution in [3.8, 4) is 5.75 Å². The van der Waals surface area contributed by atoms with Crippen molar-refractivity contribution in [3.63, 3.8) is 0 Å². The van der Waals surface area contributed by atoms with Gasteiger partial charge < -0.3 is 15.0 Å². The van der Waals surface area contributed by atoms with Crippen molar-refractivity contribution in [2.75, 3.05) is 50.8 Å². The largest absolute Gasteiger partial charge is 0.484 e. The number of carbonyl (C=O) groups is 1. The number of halogens is 2. The van der Waals surface area contributed by atoms with Crippen LogP contribution >= 0.6 is 24.0 Å². The minimum atomic E-state index is -0.0983. The summed E-state index contributed by atoms with van der Waals surface area (Å²) in [5, 5.41) is 3.56. The zero-order valence-corrected chi connectivity index (χ0v) is 17.4. The molecule has 0 aromatic heterocycles. The summed E-state index contributed by atoms with van der Waals surface area (Å²) in [6.45, 7) is 5.90. The Hall–Kier alpha value is -1.95. The van der Waals surface area contributed by atoms with Crippen molar-refractivity contribution in [1.82, 2.24) is 10.2 Å². The first-order valence-electron chi connectivity index (χ1n) is 9.38. The molecule has 1 N–H and O–H groups in total. The number of amides is 1. The predicted octanol–water partition coefficient (Wildman–Crippen LogP) is 3.47. The van der Waals surface area contributed by atoms with Gasteiger partial charge in [-0.15, -0.1) is 12.4 Å². The summed E-state index contributed by atoms with van der Waals surface area (Å²) < 4.78 is 5.44. The van der Waals surface area contributed by atoms with E-state index in [1.165, 1.54) is 5.69 Å². The number of nitrogens with zero attached hydrogens (tertiary/aromatic N) is 2. The summed E-state index contributed by atoms with van der Waals surface area (Å²) in [7, 11) is 0. The number of carbonyl (C=O) groups excluding carboxylic acids is 1. The van der Waals surface area contributed by atoms with Crippen molar-refractivity contribution in [1.29, 1.82) is 0 Å². The van der Waals surface area contributed by atoms with E-state index in [0.29, 0.717) is 17.3 Å². The first kappa shape index (κ1) is 22.3. The molecule has 1 saturated heterocycles. The number of rotatable bonds is 8. The molecule has 3 rings (SSSR count). The molecule has 0 radical (unpaired) electrons. The monoisotopic (exact) mass is 423 g/mol. The second-order valence-corrected chi connectivity index (χ2v) is 7.05. The van der Waals surface area contributed by atoms with Gasteiger partial charge in [-0.2, -0.15) is 0 Å². The second kappa shape index (κ2) is 11.8. The van der Waals surface area contributed by atoms with Crippen LogP contribution in [0.4, 0.5) is 5.69 Å². The molecule has 1 aliphatic heterocycles. The molecule has 0 bridgehead atoms. The Labute approximate surface area is 178 Å². The Morgan fingerprint density at radius 1 is 1.00 bits per heavy atom. The van der Waals surface area contributed by atoms with E-state index < -0.39 is 0 Å². The van der Waals surface area contributed by atoms with E-state index in [1.807, 2.05) is 0 Å². The van der Waals surface area contributed by atoms with E-state index in [1.54, 1.807) is 24.3 Å². The quantitative estimate of drug-likeness (QED) is 0.660. The fourth-order valence-electron chi connectivity index (χ4n) is 3.13. The lowest BCUT2D eigenvalue weighted by molar-refractivity contribution is -0.123. The highest BCUT2D eigenvalue weighted by molar-refractivity contribution is 6.30. The zero-order chi connectivity index (χ0) is 18.9. The average Bonchev–Trinajstić information content (AvgIpc) is 2.72. The highest BCUT2D eigenvalue weighted by Crippen LogP contribution is 2.16. The molecular weight excluding hydrogens is 397 g/mol. The van der Waals surface area contributed by atoms with Gasteiger partial charge in [-0.1, -0.05) is 29.8 Å². The Morgan fingerprint density at radius 3 is 2.36 bits per heavy atom. The van der Waals surface area contributed by atoms with Gasteiger partial charge in [0, 0.05) is 43.4 Å². The van der Waals surface area contributed by atoms with Crippen molar-refractivity contribution >= 4 is 35.6 Å². The van der Waals surface area contributed by atoms with Crippen LogP contribution in [0, 0.1) is 0 Å². The molecule has 7 heteroatoms. The summed E-state index contributed by atoms with van der Waals surface area (Å²) in [5.41, 5.74) is 1.30. The number of piperazine rings is 1. The maximum Gasteiger partial charge on any atom is 0.257 e. The van der Waals surface area contributed by atoms with Gasteiger partial charge >= 0.3 is 0 Å². The Morgan fingerprint density at radius 2 is 1.68 bits per heavy atom. The second-order valence-electron chi connectivity index (χ2n) is 6.61. The lowest BCUT2D eigenvalue weighted by atomic mass is 10.2. The minimum Gasteiger partial charge on any atom is -0.484 e. The lowest BCUT2D eigenvalue weighted by Crippen LogP contribution is -2.47. The summed E-state index contributed by atoms with van der Waals surface area (Å²) in [6.07, 6.45) is 0.942. The third-order valence-corrected chi connectivity index (χ3v) is 4.90. The topological polar surface area (TPSA) is 44.8 Å². The molecule has 1 heterocycles. The van der Waals surface area contributed by atoms with Crippen LogP contribution in [-0.4, -0.2) is 56.7 Å². The predicted molar refractivity (Wildman–Crippen MR) is 117 cm³/mol. The van der Waals surface area contributed by atoms with E-state index in [9.17, 15) is 4.79 Å². The van der Waals surface area contributed by atoms with Gasteiger partial charge in [0.05, 0.1) is 0 Å². The molecule has 1 amide bonds. The third kappa shape index (κ3) is 7.23. The van der Waals surface area contributed by atoms with Crippen LogP contribution in [0.15, 0.2) is 54.6 Å². The number of anilines is 1. The van der Waals surface area contributed by atoms with Gasteiger partial charge in [0.2, 0.25) is 0 Å². The van der Waals surface area contributed by atoms with Crippen LogP contribution in [0.5, 0.6) is 5.75 Å². The van der Waals surface area contributed by atoms with Gasteiger partial charge in [0.15, 0.2) is 6.61 Å². The molecular formula is C21H27Cl2N3O2. The van der Waals surface area contributed by atoms with Crippen LogP contribution in [-0.2, 0) is 4.79 Å². The number of hydrogen-bond acceptors (Lipinski definition) is 4. The Kier molecular flexibility index (Phi) is 9.41. The molecule has 1 fully saturated rings. The number of benzene rings is 2.